The molecule has 2 aliphatic rings. The number of aliphatic hydroxyl groups excluding tert-OH is 1. The molecule has 0 saturated carbocycles. The molecule has 7 heteroatoms. The van der Waals surface area contributed by atoms with Gasteiger partial charge in [0.2, 0.25) is 0 Å². The monoisotopic (exact) mass is 325 g/mol. The number of piperazine rings is 1. The van der Waals surface area contributed by atoms with Crippen LogP contribution in [0.2, 0.25) is 0 Å². The van der Waals surface area contributed by atoms with Crippen molar-refractivity contribution in [1.29, 1.82) is 0 Å². The maximum atomic E-state index is 12.8. The number of rotatable bonds is 4. The Kier molecular flexibility index (Phi) is 4.79. The van der Waals surface area contributed by atoms with Crippen LogP contribution in [0.5, 0.6) is 0 Å². The van der Waals surface area contributed by atoms with Gasteiger partial charge in [-0.05, 0) is 17.5 Å². The highest BCUT2D eigenvalue weighted by molar-refractivity contribution is 7.86. The van der Waals surface area contributed by atoms with Crippen LogP contribution in [0.25, 0.3) is 0 Å². The molecular weight excluding hydrogens is 302 g/mol. The van der Waals surface area contributed by atoms with Crippen LogP contribution in [0.15, 0.2) is 24.3 Å². The minimum Gasteiger partial charge on any atom is -0.395 e. The lowest BCUT2D eigenvalue weighted by atomic mass is 10.0. The van der Waals surface area contributed by atoms with E-state index < -0.39 is 10.2 Å². The first kappa shape index (κ1) is 15.9. The summed E-state index contributed by atoms with van der Waals surface area (Å²) in [5.41, 5.74) is 2.36. The van der Waals surface area contributed by atoms with Crippen LogP contribution in [-0.2, 0) is 23.2 Å². The fourth-order valence-electron chi connectivity index (χ4n) is 3.16. The molecule has 2 aliphatic heterocycles. The van der Waals surface area contributed by atoms with Gasteiger partial charge in [-0.25, -0.2) is 0 Å². The Morgan fingerprint density at radius 1 is 0.955 bits per heavy atom. The van der Waals surface area contributed by atoms with E-state index in [0.29, 0.717) is 45.8 Å². The summed E-state index contributed by atoms with van der Waals surface area (Å²) in [5, 5.41) is 8.96. The van der Waals surface area contributed by atoms with Crippen LogP contribution in [-0.4, -0.2) is 72.9 Å². The molecule has 0 unspecified atom stereocenters. The van der Waals surface area contributed by atoms with Crippen LogP contribution < -0.4 is 0 Å². The molecular formula is C15H23N3O3S. The first-order chi connectivity index (χ1) is 10.6. The number of benzene rings is 1. The third-order valence-electron chi connectivity index (χ3n) is 4.50. The highest BCUT2D eigenvalue weighted by Gasteiger charge is 2.33. The van der Waals surface area contributed by atoms with Crippen LogP contribution in [0.3, 0.4) is 0 Å². The van der Waals surface area contributed by atoms with Gasteiger partial charge < -0.3 is 5.11 Å². The molecule has 1 saturated heterocycles. The lowest BCUT2D eigenvalue weighted by Gasteiger charge is -2.37. The summed E-state index contributed by atoms with van der Waals surface area (Å²) < 4.78 is 28.8. The smallest absolute Gasteiger partial charge is 0.282 e. The number of hydrogen-bond donors (Lipinski definition) is 1. The summed E-state index contributed by atoms with van der Waals surface area (Å²) >= 11 is 0. The largest absolute Gasteiger partial charge is 0.395 e. The number of hydrogen-bond acceptors (Lipinski definition) is 4. The molecule has 22 heavy (non-hydrogen) atoms. The number of β-amino-alcohol motifs (C(OH)–C–C–N with tert-alkyl or cyclic N) is 1. The highest BCUT2D eigenvalue weighted by Crippen LogP contribution is 2.23. The Morgan fingerprint density at radius 2 is 1.64 bits per heavy atom. The molecule has 3 rings (SSSR count). The van der Waals surface area contributed by atoms with Crippen molar-refractivity contribution in [1.82, 2.24) is 13.5 Å². The first-order valence-electron chi connectivity index (χ1n) is 7.76. The summed E-state index contributed by atoms with van der Waals surface area (Å²) in [6.07, 6.45) is 0.778. The van der Waals surface area contributed by atoms with Gasteiger partial charge >= 0.3 is 0 Å². The molecule has 0 radical (unpaired) electrons. The fourth-order valence-corrected chi connectivity index (χ4v) is 4.73. The van der Waals surface area contributed by atoms with Gasteiger partial charge in [-0.2, -0.15) is 17.0 Å². The van der Waals surface area contributed by atoms with Gasteiger partial charge in [0.1, 0.15) is 0 Å². The predicted octanol–water partition coefficient (Wildman–Crippen LogP) is -0.101. The fraction of sp³-hybridized carbons (Fsp3) is 0.600. The maximum Gasteiger partial charge on any atom is 0.282 e. The zero-order valence-corrected chi connectivity index (χ0v) is 13.5. The average Bonchev–Trinajstić information content (AvgIpc) is 2.55. The minimum atomic E-state index is -3.39. The SMILES string of the molecule is O=S(=O)(N1CCN(CCO)CC1)N1CCc2ccccc2C1. The van der Waals surface area contributed by atoms with E-state index in [2.05, 4.69) is 11.0 Å². The number of fused-ring (bicyclic) bond motifs is 1. The van der Waals surface area contributed by atoms with Crippen LogP contribution >= 0.6 is 0 Å². The summed E-state index contributed by atoms with van der Waals surface area (Å²) in [6.45, 7) is 4.13. The standard InChI is InChI=1S/C15H23N3O3S/c19-12-11-16-7-9-17(10-8-16)22(20,21)18-6-5-14-3-1-2-4-15(14)13-18/h1-4,19H,5-13H2. The molecule has 0 aliphatic carbocycles. The van der Waals surface area contributed by atoms with Crippen LogP contribution in [0.1, 0.15) is 11.1 Å². The van der Waals surface area contributed by atoms with Gasteiger partial charge in [-0.1, -0.05) is 24.3 Å². The van der Waals surface area contributed by atoms with E-state index in [1.807, 2.05) is 18.2 Å². The van der Waals surface area contributed by atoms with Crippen molar-refractivity contribution in [2.75, 3.05) is 45.9 Å². The summed E-state index contributed by atoms with van der Waals surface area (Å²) in [5.74, 6) is 0. The molecule has 1 aromatic carbocycles. The zero-order chi connectivity index (χ0) is 15.6. The second-order valence-corrected chi connectivity index (χ2v) is 7.75. The van der Waals surface area contributed by atoms with Crippen molar-refractivity contribution >= 4 is 10.2 Å². The molecule has 1 N–H and O–H groups in total. The minimum absolute atomic E-state index is 0.121. The van der Waals surface area contributed by atoms with Crippen molar-refractivity contribution in [3.8, 4) is 0 Å². The normalized spacial score (nSPS) is 21.7. The number of nitrogens with zero attached hydrogens (tertiary/aromatic N) is 3. The molecule has 0 aromatic heterocycles. The lowest BCUT2D eigenvalue weighted by Crippen LogP contribution is -2.54. The maximum absolute atomic E-state index is 12.8. The van der Waals surface area contributed by atoms with E-state index in [1.165, 1.54) is 5.56 Å². The Bertz CT molecular complexity index is 612. The van der Waals surface area contributed by atoms with Gasteiger partial charge in [0.15, 0.2) is 0 Å². The number of aliphatic hydroxyl groups is 1. The molecule has 6 nitrogen and oxygen atoms in total. The third-order valence-corrected chi connectivity index (χ3v) is 6.48. The van der Waals surface area contributed by atoms with Gasteiger partial charge in [0.05, 0.1) is 6.61 Å². The Hall–Kier alpha value is -0.990. The van der Waals surface area contributed by atoms with E-state index in [0.717, 1.165) is 12.0 Å². The quantitative estimate of drug-likeness (QED) is 0.840. The van der Waals surface area contributed by atoms with E-state index in [1.54, 1.807) is 8.61 Å². The van der Waals surface area contributed by atoms with E-state index >= 15 is 0 Å². The van der Waals surface area contributed by atoms with Crippen molar-refractivity contribution in [3.05, 3.63) is 35.4 Å². The molecule has 0 amide bonds. The first-order valence-corrected chi connectivity index (χ1v) is 9.16. The molecule has 2 heterocycles. The molecule has 0 atom stereocenters. The molecule has 122 valence electrons. The predicted molar refractivity (Wildman–Crippen MR) is 84.6 cm³/mol. The Balaban J connectivity index is 1.67. The van der Waals surface area contributed by atoms with Crippen molar-refractivity contribution in [3.63, 3.8) is 0 Å². The second-order valence-electron chi connectivity index (χ2n) is 5.82. The molecule has 1 fully saturated rings. The van der Waals surface area contributed by atoms with E-state index in [9.17, 15) is 8.42 Å². The van der Waals surface area contributed by atoms with E-state index in [4.69, 9.17) is 5.11 Å². The highest BCUT2D eigenvalue weighted by atomic mass is 32.2. The summed E-state index contributed by atoms with van der Waals surface area (Å²) in [6, 6.07) is 8.05. The Labute approximate surface area is 132 Å². The van der Waals surface area contributed by atoms with Crippen LogP contribution in [0.4, 0.5) is 0 Å². The third kappa shape index (κ3) is 3.18. The lowest BCUT2D eigenvalue weighted by molar-refractivity contribution is 0.147. The van der Waals surface area contributed by atoms with Gasteiger partial charge in [-0.3, -0.25) is 4.90 Å². The van der Waals surface area contributed by atoms with Crippen molar-refractivity contribution < 1.29 is 13.5 Å². The average molecular weight is 325 g/mol. The Morgan fingerprint density at radius 3 is 2.32 bits per heavy atom. The van der Waals surface area contributed by atoms with Gasteiger partial charge in [0.25, 0.3) is 10.2 Å². The summed E-state index contributed by atoms with van der Waals surface area (Å²) in [7, 11) is -3.39. The van der Waals surface area contributed by atoms with Crippen molar-refractivity contribution in [2.45, 2.75) is 13.0 Å². The van der Waals surface area contributed by atoms with Crippen molar-refractivity contribution in [2.24, 2.45) is 0 Å². The summed E-state index contributed by atoms with van der Waals surface area (Å²) in [4.78, 5) is 2.09. The topological polar surface area (TPSA) is 64.1 Å². The van der Waals surface area contributed by atoms with Gasteiger partial charge in [-0.15, -0.1) is 0 Å². The molecule has 0 bridgehead atoms. The zero-order valence-electron chi connectivity index (χ0n) is 12.7. The molecule has 1 aromatic rings. The van der Waals surface area contributed by atoms with Gasteiger partial charge in [0, 0.05) is 45.8 Å². The van der Waals surface area contributed by atoms with Crippen LogP contribution in [0, 0.1) is 0 Å². The molecule has 0 spiro atoms. The van der Waals surface area contributed by atoms with E-state index in [-0.39, 0.29) is 6.61 Å². The second kappa shape index (κ2) is 6.64.